The lowest BCUT2D eigenvalue weighted by Crippen LogP contribution is -2.57. The number of esters is 1. The molecule has 2 fully saturated rings. The van der Waals surface area contributed by atoms with E-state index >= 15 is 0 Å². The van der Waals surface area contributed by atoms with E-state index in [1.165, 1.54) is 24.3 Å². The molecule has 164 valence electrons. The number of benzene rings is 2. The van der Waals surface area contributed by atoms with Gasteiger partial charge in [0.15, 0.2) is 0 Å². The maximum absolute atomic E-state index is 13.2. The van der Waals surface area contributed by atoms with Gasteiger partial charge in [0, 0.05) is 26.1 Å². The topological polar surface area (TPSA) is 59.1 Å². The fourth-order valence-corrected chi connectivity index (χ4v) is 4.69. The van der Waals surface area contributed by atoms with Crippen LogP contribution in [-0.2, 0) is 32.3 Å². The van der Waals surface area contributed by atoms with Gasteiger partial charge >= 0.3 is 5.97 Å². The molecule has 7 heteroatoms. The van der Waals surface area contributed by atoms with Crippen LogP contribution in [0, 0.1) is 11.7 Å². The van der Waals surface area contributed by atoms with E-state index in [1.54, 1.807) is 12.1 Å². The van der Waals surface area contributed by atoms with Gasteiger partial charge in [-0.25, -0.2) is 9.45 Å². The van der Waals surface area contributed by atoms with Crippen molar-refractivity contribution in [3.05, 3.63) is 71.5 Å². The molecule has 4 rings (SSSR count). The highest BCUT2D eigenvalue weighted by Crippen LogP contribution is 2.44. The second kappa shape index (κ2) is 9.16. The van der Waals surface area contributed by atoms with Crippen molar-refractivity contribution in [2.24, 2.45) is 5.92 Å². The molecular formula is C24H27FN2O4. The van der Waals surface area contributed by atoms with E-state index in [0.717, 1.165) is 11.1 Å². The van der Waals surface area contributed by atoms with Crippen LogP contribution in [0.1, 0.15) is 30.4 Å². The molecule has 0 aliphatic carbocycles. The second-order valence-electron chi connectivity index (χ2n) is 8.23. The van der Waals surface area contributed by atoms with Crippen molar-refractivity contribution in [2.45, 2.75) is 38.0 Å². The van der Waals surface area contributed by atoms with Crippen LogP contribution in [0.3, 0.4) is 0 Å². The number of hydrogen-bond donors (Lipinski definition) is 0. The highest BCUT2D eigenvalue weighted by Gasteiger charge is 2.58. The molecule has 1 unspecified atom stereocenters. The van der Waals surface area contributed by atoms with Gasteiger partial charge in [-0.2, -0.15) is 0 Å². The van der Waals surface area contributed by atoms with Crippen LogP contribution in [0.4, 0.5) is 4.39 Å². The van der Waals surface area contributed by atoms with Crippen molar-refractivity contribution in [2.75, 3.05) is 20.2 Å². The van der Waals surface area contributed by atoms with E-state index in [-0.39, 0.29) is 30.7 Å². The quantitative estimate of drug-likeness (QED) is 0.664. The Hall–Kier alpha value is -2.77. The Morgan fingerprint density at radius 1 is 1.06 bits per heavy atom. The molecule has 6 nitrogen and oxygen atoms in total. The first-order chi connectivity index (χ1) is 15.0. The maximum atomic E-state index is 13.2. The number of piperidine rings is 1. The standard InChI is InChI=1S/C24H27FN2O4/c1-30-23(29)21-15-22(28)27(31-17-19-5-3-2-4-6-19)24(21)11-13-26(14-12-24)16-18-7-9-20(25)10-8-18/h2-10,21H,11-17H2,1H3. The van der Waals surface area contributed by atoms with Gasteiger partial charge in [0.05, 0.1) is 18.6 Å². The Bertz CT molecular complexity index is 911. The number of carbonyl (C=O) groups is 2. The lowest BCUT2D eigenvalue weighted by molar-refractivity contribution is -0.229. The summed E-state index contributed by atoms with van der Waals surface area (Å²) in [7, 11) is 1.36. The summed E-state index contributed by atoms with van der Waals surface area (Å²) in [6, 6.07) is 16.1. The normalized spacial score (nSPS) is 20.9. The highest BCUT2D eigenvalue weighted by molar-refractivity contribution is 5.88. The summed E-state index contributed by atoms with van der Waals surface area (Å²) in [6.45, 7) is 2.35. The summed E-state index contributed by atoms with van der Waals surface area (Å²) in [5, 5.41) is 1.46. The minimum absolute atomic E-state index is 0.0967. The molecule has 0 N–H and O–H groups in total. The molecule has 1 atom stereocenters. The van der Waals surface area contributed by atoms with E-state index in [9.17, 15) is 14.0 Å². The molecule has 0 bridgehead atoms. The number of rotatable bonds is 6. The van der Waals surface area contributed by atoms with E-state index in [1.807, 2.05) is 30.3 Å². The fraction of sp³-hybridized carbons (Fsp3) is 0.417. The molecule has 31 heavy (non-hydrogen) atoms. The maximum Gasteiger partial charge on any atom is 0.311 e. The van der Waals surface area contributed by atoms with Crippen LogP contribution in [0.2, 0.25) is 0 Å². The zero-order valence-electron chi connectivity index (χ0n) is 17.6. The van der Waals surface area contributed by atoms with Crippen molar-refractivity contribution in [1.82, 2.24) is 9.96 Å². The molecule has 2 aromatic carbocycles. The van der Waals surface area contributed by atoms with Crippen LogP contribution in [0.25, 0.3) is 0 Å². The lowest BCUT2D eigenvalue weighted by Gasteiger charge is -2.45. The summed E-state index contributed by atoms with van der Waals surface area (Å²) in [6.07, 6.45) is 1.31. The average molecular weight is 426 g/mol. The number of methoxy groups -OCH3 is 1. The van der Waals surface area contributed by atoms with Crippen LogP contribution in [0.15, 0.2) is 54.6 Å². The van der Waals surface area contributed by atoms with Crippen LogP contribution < -0.4 is 0 Å². The molecule has 1 spiro atoms. The first-order valence-electron chi connectivity index (χ1n) is 10.6. The lowest BCUT2D eigenvalue weighted by atomic mass is 9.77. The van der Waals surface area contributed by atoms with Gasteiger partial charge in [-0.05, 0) is 36.1 Å². The molecule has 0 saturated carbocycles. The van der Waals surface area contributed by atoms with E-state index < -0.39 is 11.5 Å². The second-order valence-corrected chi connectivity index (χ2v) is 8.23. The van der Waals surface area contributed by atoms with E-state index in [0.29, 0.717) is 32.5 Å². The van der Waals surface area contributed by atoms with Gasteiger partial charge in [-0.15, -0.1) is 0 Å². The number of hydroxylamine groups is 2. The fourth-order valence-electron chi connectivity index (χ4n) is 4.69. The van der Waals surface area contributed by atoms with Gasteiger partial charge < -0.3 is 4.74 Å². The van der Waals surface area contributed by atoms with E-state index in [2.05, 4.69) is 4.90 Å². The number of carbonyl (C=O) groups excluding carboxylic acids is 2. The molecule has 2 aromatic rings. The van der Waals surface area contributed by atoms with Crippen molar-refractivity contribution >= 4 is 11.9 Å². The van der Waals surface area contributed by atoms with Crippen molar-refractivity contribution < 1.29 is 23.6 Å². The molecule has 0 aromatic heterocycles. The van der Waals surface area contributed by atoms with Crippen LogP contribution in [0.5, 0.6) is 0 Å². The highest BCUT2D eigenvalue weighted by atomic mass is 19.1. The SMILES string of the molecule is COC(=O)C1CC(=O)N(OCc2ccccc2)C12CCN(Cc1ccc(F)cc1)CC2. The Labute approximate surface area is 181 Å². The Morgan fingerprint density at radius 2 is 1.74 bits per heavy atom. The predicted octanol–water partition coefficient (Wildman–Crippen LogP) is 3.31. The predicted molar refractivity (Wildman–Crippen MR) is 112 cm³/mol. The van der Waals surface area contributed by atoms with Gasteiger partial charge in [-0.3, -0.25) is 19.3 Å². The van der Waals surface area contributed by atoms with Gasteiger partial charge in [-0.1, -0.05) is 42.5 Å². The first kappa shape index (κ1) is 21.5. The molecular weight excluding hydrogens is 399 g/mol. The van der Waals surface area contributed by atoms with Gasteiger partial charge in [0.1, 0.15) is 12.4 Å². The molecule has 2 saturated heterocycles. The number of amides is 1. The summed E-state index contributed by atoms with van der Waals surface area (Å²) in [5.41, 5.74) is 1.28. The van der Waals surface area contributed by atoms with Crippen LogP contribution >= 0.6 is 0 Å². The Kier molecular flexibility index (Phi) is 6.34. The number of likely N-dealkylation sites (tertiary alicyclic amines) is 1. The Morgan fingerprint density at radius 3 is 2.39 bits per heavy atom. The minimum Gasteiger partial charge on any atom is -0.469 e. The van der Waals surface area contributed by atoms with E-state index in [4.69, 9.17) is 9.57 Å². The molecule has 2 heterocycles. The number of nitrogens with zero attached hydrogens (tertiary/aromatic N) is 2. The first-order valence-corrected chi connectivity index (χ1v) is 10.6. The minimum atomic E-state index is -0.710. The molecule has 1 amide bonds. The van der Waals surface area contributed by atoms with Crippen molar-refractivity contribution in [3.63, 3.8) is 0 Å². The van der Waals surface area contributed by atoms with Gasteiger partial charge in [0.2, 0.25) is 5.91 Å². The summed E-state index contributed by atoms with van der Waals surface area (Å²) in [4.78, 5) is 33.7. The largest absolute Gasteiger partial charge is 0.469 e. The zero-order chi connectivity index (χ0) is 21.8. The third-order valence-corrected chi connectivity index (χ3v) is 6.39. The zero-order valence-corrected chi connectivity index (χ0v) is 17.6. The monoisotopic (exact) mass is 426 g/mol. The smallest absolute Gasteiger partial charge is 0.311 e. The Balaban J connectivity index is 1.49. The summed E-state index contributed by atoms with van der Waals surface area (Å²) in [5.74, 6) is -1.35. The number of hydrogen-bond acceptors (Lipinski definition) is 5. The third-order valence-electron chi connectivity index (χ3n) is 6.39. The average Bonchev–Trinajstić information content (AvgIpc) is 3.06. The van der Waals surface area contributed by atoms with Gasteiger partial charge in [0.25, 0.3) is 0 Å². The summed E-state index contributed by atoms with van der Waals surface area (Å²) >= 11 is 0. The molecule has 0 radical (unpaired) electrons. The van der Waals surface area contributed by atoms with Crippen molar-refractivity contribution in [3.8, 4) is 0 Å². The number of halogens is 1. The third kappa shape index (κ3) is 4.48. The van der Waals surface area contributed by atoms with Crippen molar-refractivity contribution in [1.29, 1.82) is 0 Å². The molecule has 2 aliphatic heterocycles. The number of ether oxygens (including phenoxy) is 1. The molecule has 2 aliphatic rings. The van der Waals surface area contributed by atoms with Crippen LogP contribution in [-0.4, -0.2) is 47.6 Å². The summed E-state index contributed by atoms with van der Waals surface area (Å²) < 4.78 is 18.2.